The summed E-state index contributed by atoms with van der Waals surface area (Å²) in [4.78, 5) is 2.47. The normalized spacial score (nSPS) is 42.3. The van der Waals surface area contributed by atoms with Crippen LogP contribution in [0, 0.1) is 17.8 Å². The highest BCUT2D eigenvalue weighted by Gasteiger charge is 2.31. The molecule has 1 aliphatic heterocycles. The summed E-state index contributed by atoms with van der Waals surface area (Å²) in [5, 5.41) is 13.2. The van der Waals surface area contributed by atoms with Crippen molar-refractivity contribution in [2.24, 2.45) is 17.8 Å². The van der Waals surface area contributed by atoms with Gasteiger partial charge in [0.05, 0.1) is 0 Å². The molecule has 3 nitrogen and oxygen atoms in total. The van der Waals surface area contributed by atoms with Crippen molar-refractivity contribution in [3.8, 4) is 0 Å². The van der Waals surface area contributed by atoms with Crippen LogP contribution in [0.4, 0.5) is 0 Å². The standard InChI is InChI=1S/C15H30N2O/c1-11-9-17(3)12(2)7-15(11)16-8-13-5-4-6-14(13)10-18/h11-16,18H,4-10H2,1-3H3. The molecule has 0 aromatic carbocycles. The van der Waals surface area contributed by atoms with Gasteiger partial charge in [0.1, 0.15) is 0 Å². The van der Waals surface area contributed by atoms with Crippen molar-refractivity contribution >= 4 is 0 Å². The lowest BCUT2D eigenvalue weighted by Gasteiger charge is -2.40. The van der Waals surface area contributed by atoms with E-state index in [9.17, 15) is 5.11 Å². The number of nitrogens with zero attached hydrogens (tertiary/aromatic N) is 1. The molecule has 106 valence electrons. The molecule has 1 saturated heterocycles. The summed E-state index contributed by atoms with van der Waals surface area (Å²) in [6.07, 6.45) is 5.09. The van der Waals surface area contributed by atoms with Crippen molar-refractivity contribution in [1.82, 2.24) is 10.2 Å². The number of hydrogen-bond donors (Lipinski definition) is 2. The van der Waals surface area contributed by atoms with Crippen LogP contribution in [0.2, 0.25) is 0 Å². The molecule has 1 saturated carbocycles. The molecule has 3 heteroatoms. The van der Waals surface area contributed by atoms with E-state index < -0.39 is 0 Å². The van der Waals surface area contributed by atoms with E-state index in [2.05, 4.69) is 31.1 Å². The number of likely N-dealkylation sites (tertiary alicyclic amines) is 1. The SMILES string of the molecule is CC1CN(C)C(C)CC1NCC1CCCC1CO. The number of hydrogen-bond acceptors (Lipinski definition) is 3. The van der Waals surface area contributed by atoms with E-state index in [0.717, 1.165) is 12.5 Å². The Kier molecular flexibility index (Phi) is 5.05. The topological polar surface area (TPSA) is 35.5 Å². The predicted octanol–water partition coefficient (Wildman–Crippen LogP) is 1.71. The van der Waals surface area contributed by atoms with E-state index in [0.29, 0.717) is 30.5 Å². The Morgan fingerprint density at radius 2 is 1.94 bits per heavy atom. The van der Waals surface area contributed by atoms with E-state index in [1.54, 1.807) is 0 Å². The molecule has 5 atom stereocenters. The van der Waals surface area contributed by atoms with Crippen LogP contribution >= 0.6 is 0 Å². The van der Waals surface area contributed by atoms with Gasteiger partial charge in [-0.25, -0.2) is 0 Å². The second kappa shape index (κ2) is 6.36. The first-order chi connectivity index (χ1) is 8.61. The van der Waals surface area contributed by atoms with Gasteiger partial charge in [-0.3, -0.25) is 0 Å². The highest BCUT2D eigenvalue weighted by atomic mass is 16.3. The van der Waals surface area contributed by atoms with Gasteiger partial charge in [0, 0.05) is 25.2 Å². The Hall–Kier alpha value is -0.120. The molecule has 5 unspecified atom stereocenters. The maximum atomic E-state index is 9.37. The molecule has 0 amide bonds. The fraction of sp³-hybridized carbons (Fsp3) is 1.00. The number of aliphatic hydroxyl groups excluding tert-OH is 1. The Bertz CT molecular complexity index is 259. The van der Waals surface area contributed by atoms with E-state index in [4.69, 9.17) is 0 Å². The molecular weight excluding hydrogens is 224 g/mol. The van der Waals surface area contributed by atoms with Crippen LogP contribution in [0.15, 0.2) is 0 Å². The van der Waals surface area contributed by atoms with Gasteiger partial charge < -0.3 is 15.3 Å². The van der Waals surface area contributed by atoms with E-state index >= 15 is 0 Å². The Morgan fingerprint density at radius 1 is 1.22 bits per heavy atom. The maximum absolute atomic E-state index is 9.37. The van der Waals surface area contributed by atoms with Crippen molar-refractivity contribution in [3.05, 3.63) is 0 Å². The van der Waals surface area contributed by atoms with Crippen molar-refractivity contribution in [3.63, 3.8) is 0 Å². The van der Waals surface area contributed by atoms with Crippen LogP contribution in [0.3, 0.4) is 0 Å². The third-order valence-electron chi connectivity index (χ3n) is 5.30. The monoisotopic (exact) mass is 254 g/mol. The summed E-state index contributed by atoms with van der Waals surface area (Å²) >= 11 is 0. The first-order valence-electron chi connectivity index (χ1n) is 7.66. The molecule has 1 aliphatic carbocycles. The summed E-state index contributed by atoms with van der Waals surface area (Å²) in [6, 6.07) is 1.35. The number of aliphatic hydroxyl groups is 1. The summed E-state index contributed by atoms with van der Waals surface area (Å²) in [5.74, 6) is 1.99. The first-order valence-corrected chi connectivity index (χ1v) is 7.66. The Labute approximate surface area is 112 Å². The second-order valence-electron chi connectivity index (χ2n) is 6.65. The summed E-state index contributed by atoms with van der Waals surface area (Å²) in [5.41, 5.74) is 0. The molecule has 2 rings (SSSR count). The molecule has 18 heavy (non-hydrogen) atoms. The lowest BCUT2D eigenvalue weighted by molar-refractivity contribution is 0.115. The highest BCUT2D eigenvalue weighted by molar-refractivity contribution is 4.88. The van der Waals surface area contributed by atoms with Crippen LogP contribution in [0.25, 0.3) is 0 Å². The third kappa shape index (κ3) is 3.25. The lowest BCUT2D eigenvalue weighted by atomic mass is 9.88. The summed E-state index contributed by atoms with van der Waals surface area (Å²) in [7, 11) is 2.23. The molecule has 1 heterocycles. The number of nitrogens with one attached hydrogen (secondary N) is 1. The average molecular weight is 254 g/mol. The molecule has 0 spiro atoms. The summed E-state index contributed by atoms with van der Waals surface area (Å²) < 4.78 is 0. The van der Waals surface area contributed by atoms with Gasteiger partial charge >= 0.3 is 0 Å². The second-order valence-corrected chi connectivity index (χ2v) is 6.65. The van der Waals surface area contributed by atoms with Gasteiger partial charge in [-0.1, -0.05) is 13.3 Å². The lowest BCUT2D eigenvalue weighted by Crippen LogP contribution is -2.51. The van der Waals surface area contributed by atoms with E-state index in [-0.39, 0.29) is 0 Å². The zero-order valence-electron chi connectivity index (χ0n) is 12.2. The average Bonchev–Trinajstić information content (AvgIpc) is 2.79. The van der Waals surface area contributed by atoms with Crippen LogP contribution in [0.5, 0.6) is 0 Å². The number of rotatable bonds is 4. The van der Waals surface area contributed by atoms with Crippen LogP contribution in [0.1, 0.15) is 39.5 Å². The Morgan fingerprint density at radius 3 is 2.67 bits per heavy atom. The van der Waals surface area contributed by atoms with Crippen molar-refractivity contribution < 1.29 is 5.11 Å². The van der Waals surface area contributed by atoms with E-state index in [1.165, 1.54) is 32.2 Å². The van der Waals surface area contributed by atoms with Gasteiger partial charge in [0.15, 0.2) is 0 Å². The predicted molar refractivity (Wildman–Crippen MR) is 75.6 cm³/mol. The molecule has 0 bridgehead atoms. The molecule has 0 aromatic heterocycles. The molecule has 2 aliphatic rings. The van der Waals surface area contributed by atoms with Crippen molar-refractivity contribution in [2.75, 3.05) is 26.7 Å². The molecule has 0 aromatic rings. The largest absolute Gasteiger partial charge is 0.396 e. The molecule has 2 fully saturated rings. The van der Waals surface area contributed by atoms with Gasteiger partial charge in [-0.2, -0.15) is 0 Å². The zero-order valence-corrected chi connectivity index (χ0v) is 12.2. The zero-order chi connectivity index (χ0) is 13.1. The molecule has 0 radical (unpaired) electrons. The summed E-state index contributed by atoms with van der Waals surface area (Å²) in [6.45, 7) is 7.38. The molecular formula is C15H30N2O. The van der Waals surface area contributed by atoms with Gasteiger partial charge in [0.25, 0.3) is 0 Å². The van der Waals surface area contributed by atoms with Gasteiger partial charge in [-0.05, 0) is 57.5 Å². The van der Waals surface area contributed by atoms with Crippen molar-refractivity contribution in [1.29, 1.82) is 0 Å². The fourth-order valence-corrected chi connectivity index (χ4v) is 3.75. The molecule has 2 N–H and O–H groups in total. The minimum atomic E-state index is 0.381. The third-order valence-corrected chi connectivity index (χ3v) is 5.30. The smallest absolute Gasteiger partial charge is 0.0462 e. The highest BCUT2D eigenvalue weighted by Crippen LogP contribution is 2.31. The number of piperidine rings is 1. The van der Waals surface area contributed by atoms with Crippen LogP contribution in [-0.4, -0.2) is 48.8 Å². The minimum Gasteiger partial charge on any atom is -0.396 e. The Balaban J connectivity index is 1.79. The van der Waals surface area contributed by atoms with Gasteiger partial charge in [-0.15, -0.1) is 0 Å². The quantitative estimate of drug-likeness (QED) is 0.802. The first kappa shape index (κ1) is 14.3. The maximum Gasteiger partial charge on any atom is 0.0462 e. The van der Waals surface area contributed by atoms with Crippen LogP contribution in [-0.2, 0) is 0 Å². The van der Waals surface area contributed by atoms with Crippen molar-refractivity contribution in [2.45, 2.75) is 51.6 Å². The van der Waals surface area contributed by atoms with E-state index in [1.807, 2.05) is 0 Å². The van der Waals surface area contributed by atoms with Gasteiger partial charge in [0.2, 0.25) is 0 Å². The minimum absolute atomic E-state index is 0.381. The fourth-order valence-electron chi connectivity index (χ4n) is 3.75. The van der Waals surface area contributed by atoms with Crippen LogP contribution < -0.4 is 5.32 Å².